The summed E-state index contributed by atoms with van der Waals surface area (Å²) in [4.78, 5) is 11.2. The highest BCUT2D eigenvalue weighted by Crippen LogP contribution is 2.31. The molecule has 0 radical (unpaired) electrons. The van der Waals surface area contributed by atoms with Gasteiger partial charge in [-0.05, 0) is 41.9 Å². The first-order valence-electron chi connectivity index (χ1n) is 6.92. The van der Waals surface area contributed by atoms with Crippen molar-refractivity contribution < 1.29 is 15.0 Å². The number of hydrogen-bond donors (Lipinski definition) is 2. The first kappa shape index (κ1) is 15.5. The Balaban J connectivity index is 3.02. The lowest BCUT2D eigenvalue weighted by molar-refractivity contribution is 0.0693. The highest BCUT2D eigenvalue weighted by Gasteiger charge is 2.17. The van der Waals surface area contributed by atoms with Gasteiger partial charge in [0.1, 0.15) is 11.3 Å². The summed E-state index contributed by atoms with van der Waals surface area (Å²) in [7, 11) is 0. The summed E-state index contributed by atoms with van der Waals surface area (Å²) < 4.78 is 0. The Kier molecular flexibility index (Phi) is 5.40. The fourth-order valence-corrected chi connectivity index (χ4v) is 2.18. The lowest BCUT2D eigenvalue weighted by Gasteiger charge is -2.14. The van der Waals surface area contributed by atoms with Gasteiger partial charge in [0.25, 0.3) is 0 Å². The molecule has 0 saturated heterocycles. The van der Waals surface area contributed by atoms with E-state index in [-0.39, 0.29) is 17.2 Å². The lowest BCUT2D eigenvalue weighted by Crippen LogP contribution is -2.03. The van der Waals surface area contributed by atoms with Gasteiger partial charge in [0, 0.05) is 0 Å². The largest absolute Gasteiger partial charge is 0.507 e. The van der Waals surface area contributed by atoms with Crippen LogP contribution in [0.4, 0.5) is 0 Å². The minimum Gasteiger partial charge on any atom is -0.507 e. The van der Waals surface area contributed by atoms with Gasteiger partial charge in [-0.15, -0.1) is 0 Å². The maximum atomic E-state index is 11.2. The van der Waals surface area contributed by atoms with Crippen LogP contribution in [-0.4, -0.2) is 16.2 Å². The fraction of sp³-hybridized carbons (Fsp3) is 0.562. The molecular formula is C16H24O3. The summed E-state index contributed by atoms with van der Waals surface area (Å²) in [6, 6.07) is 3.54. The number of aryl methyl sites for hydroxylation is 1. The van der Waals surface area contributed by atoms with Crippen LogP contribution in [-0.2, 0) is 6.42 Å². The summed E-state index contributed by atoms with van der Waals surface area (Å²) in [5.41, 5.74) is 1.74. The van der Waals surface area contributed by atoms with Crippen LogP contribution in [0.5, 0.6) is 5.75 Å². The molecule has 0 aliphatic heterocycles. The van der Waals surface area contributed by atoms with Crippen molar-refractivity contribution in [1.29, 1.82) is 0 Å². The van der Waals surface area contributed by atoms with Gasteiger partial charge in [0.05, 0.1) is 0 Å². The molecule has 3 nitrogen and oxygen atoms in total. The summed E-state index contributed by atoms with van der Waals surface area (Å²) in [6.45, 7) is 8.27. The quantitative estimate of drug-likeness (QED) is 0.809. The average Bonchev–Trinajstić information content (AvgIpc) is 2.29. The maximum absolute atomic E-state index is 11.2. The zero-order chi connectivity index (χ0) is 14.6. The first-order chi connectivity index (χ1) is 8.82. The molecular weight excluding hydrogens is 240 g/mol. The van der Waals surface area contributed by atoms with Crippen LogP contribution in [0.1, 0.15) is 67.9 Å². The van der Waals surface area contributed by atoms with Crippen molar-refractivity contribution in [3.8, 4) is 5.75 Å². The molecule has 0 aliphatic rings. The molecule has 0 bridgehead atoms. The van der Waals surface area contributed by atoms with Crippen molar-refractivity contribution in [1.82, 2.24) is 0 Å². The standard InChI is InChI=1S/C16H24O3/c1-10(2)6-5-7-12-8-13(11(3)4)15(17)14(9-12)16(18)19/h8-11,17H,5-7H2,1-4H3,(H,18,19). The molecule has 0 unspecified atom stereocenters. The normalized spacial score (nSPS) is 11.3. The van der Waals surface area contributed by atoms with Crippen molar-refractivity contribution in [3.63, 3.8) is 0 Å². The highest BCUT2D eigenvalue weighted by molar-refractivity contribution is 5.91. The Bertz CT molecular complexity index is 448. The van der Waals surface area contributed by atoms with E-state index in [2.05, 4.69) is 13.8 Å². The fourth-order valence-electron chi connectivity index (χ4n) is 2.18. The molecule has 1 rings (SSSR count). The Hall–Kier alpha value is -1.51. The number of aromatic carboxylic acids is 1. The van der Waals surface area contributed by atoms with Crippen molar-refractivity contribution in [2.24, 2.45) is 5.92 Å². The molecule has 0 amide bonds. The van der Waals surface area contributed by atoms with E-state index in [1.165, 1.54) is 0 Å². The van der Waals surface area contributed by atoms with E-state index in [0.29, 0.717) is 5.92 Å². The second-order valence-electron chi connectivity index (χ2n) is 5.83. The van der Waals surface area contributed by atoms with Crippen LogP contribution in [0.25, 0.3) is 0 Å². The van der Waals surface area contributed by atoms with Crippen molar-refractivity contribution >= 4 is 5.97 Å². The van der Waals surface area contributed by atoms with Crippen molar-refractivity contribution in [3.05, 3.63) is 28.8 Å². The predicted molar refractivity (Wildman–Crippen MR) is 76.9 cm³/mol. The smallest absolute Gasteiger partial charge is 0.339 e. The van der Waals surface area contributed by atoms with Crippen LogP contribution < -0.4 is 0 Å². The highest BCUT2D eigenvalue weighted by atomic mass is 16.4. The minimum atomic E-state index is -1.06. The maximum Gasteiger partial charge on any atom is 0.339 e. The monoisotopic (exact) mass is 264 g/mol. The Morgan fingerprint density at radius 1 is 1.21 bits per heavy atom. The minimum absolute atomic E-state index is 0.0192. The van der Waals surface area contributed by atoms with E-state index in [1.807, 2.05) is 19.9 Å². The number of carbonyl (C=O) groups is 1. The molecule has 0 spiro atoms. The van der Waals surface area contributed by atoms with Gasteiger partial charge in [-0.25, -0.2) is 4.79 Å². The third-order valence-corrected chi connectivity index (χ3v) is 3.30. The second-order valence-corrected chi connectivity index (χ2v) is 5.83. The van der Waals surface area contributed by atoms with Crippen molar-refractivity contribution in [2.75, 3.05) is 0 Å². The van der Waals surface area contributed by atoms with E-state index in [9.17, 15) is 9.90 Å². The lowest BCUT2D eigenvalue weighted by atomic mass is 9.93. The van der Waals surface area contributed by atoms with Gasteiger partial charge in [-0.2, -0.15) is 0 Å². The zero-order valence-corrected chi connectivity index (χ0v) is 12.2. The van der Waals surface area contributed by atoms with E-state index in [0.717, 1.165) is 30.4 Å². The summed E-state index contributed by atoms with van der Waals surface area (Å²) in [6.07, 6.45) is 3.03. The number of phenols is 1. The molecule has 1 aromatic rings. The summed E-state index contributed by atoms with van der Waals surface area (Å²) in [5.74, 6) is -0.385. The second kappa shape index (κ2) is 6.60. The molecule has 3 heteroatoms. The van der Waals surface area contributed by atoms with Gasteiger partial charge in [-0.3, -0.25) is 0 Å². The average molecular weight is 264 g/mol. The van der Waals surface area contributed by atoms with Crippen molar-refractivity contribution in [2.45, 2.75) is 52.9 Å². The van der Waals surface area contributed by atoms with Gasteiger partial charge in [0.2, 0.25) is 0 Å². The van der Waals surface area contributed by atoms with E-state index in [4.69, 9.17) is 5.11 Å². The SMILES string of the molecule is CC(C)CCCc1cc(C(=O)O)c(O)c(C(C)C)c1. The number of carboxylic acid groups (broad SMARTS) is 1. The molecule has 1 aromatic carbocycles. The third-order valence-electron chi connectivity index (χ3n) is 3.30. The molecule has 0 fully saturated rings. The topological polar surface area (TPSA) is 57.5 Å². The number of hydrogen-bond acceptors (Lipinski definition) is 2. The molecule has 106 valence electrons. The van der Waals surface area contributed by atoms with Gasteiger partial charge < -0.3 is 10.2 Å². The number of rotatable bonds is 6. The molecule has 0 aliphatic carbocycles. The Morgan fingerprint density at radius 2 is 1.84 bits per heavy atom. The zero-order valence-electron chi connectivity index (χ0n) is 12.2. The summed E-state index contributed by atoms with van der Waals surface area (Å²) in [5, 5.41) is 19.1. The van der Waals surface area contributed by atoms with E-state index >= 15 is 0 Å². The van der Waals surface area contributed by atoms with Crippen LogP contribution in [0.2, 0.25) is 0 Å². The van der Waals surface area contributed by atoms with Crippen LogP contribution in [0.3, 0.4) is 0 Å². The van der Waals surface area contributed by atoms with Gasteiger partial charge >= 0.3 is 5.97 Å². The van der Waals surface area contributed by atoms with E-state index < -0.39 is 5.97 Å². The van der Waals surface area contributed by atoms with E-state index in [1.54, 1.807) is 6.07 Å². The Labute approximate surface area is 115 Å². The first-order valence-corrected chi connectivity index (χ1v) is 6.92. The molecule has 0 heterocycles. The van der Waals surface area contributed by atoms with Gasteiger partial charge in [-0.1, -0.05) is 40.2 Å². The molecule has 19 heavy (non-hydrogen) atoms. The number of aromatic hydroxyl groups is 1. The predicted octanol–water partition coefficient (Wildman–Crippen LogP) is 4.19. The summed E-state index contributed by atoms with van der Waals surface area (Å²) >= 11 is 0. The van der Waals surface area contributed by atoms with Crippen LogP contribution in [0, 0.1) is 5.92 Å². The van der Waals surface area contributed by atoms with Gasteiger partial charge in [0.15, 0.2) is 0 Å². The number of benzene rings is 1. The third kappa shape index (κ3) is 4.27. The molecule has 0 atom stereocenters. The number of carboxylic acids is 1. The molecule has 0 saturated carbocycles. The van der Waals surface area contributed by atoms with Crippen LogP contribution >= 0.6 is 0 Å². The molecule has 2 N–H and O–H groups in total. The Morgan fingerprint density at radius 3 is 2.32 bits per heavy atom. The van der Waals surface area contributed by atoms with Crippen LogP contribution in [0.15, 0.2) is 12.1 Å². The molecule has 0 aromatic heterocycles.